The highest BCUT2D eigenvalue weighted by molar-refractivity contribution is 7.89. The van der Waals surface area contributed by atoms with Crippen LogP contribution >= 0.6 is 11.6 Å². The summed E-state index contributed by atoms with van der Waals surface area (Å²) < 4.78 is 33.0. The number of benzene rings is 1. The van der Waals surface area contributed by atoms with Crippen molar-refractivity contribution in [1.82, 2.24) is 14.1 Å². The number of carbonyl (C=O) groups excluding carboxylic acids is 1. The molecule has 0 saturated heterocycles. The number of amides is 1. The Bertz CT molecular complexity index is 850. The lowest BCUT2D eigenvalue weighted by atomic mass is 10.2. The van der Waals surface area contributed by atoms with Gasteiger partial charge in [0.05, 0.1) is 12.3 Å². The zero-order valence-corrected chi connectivity index (χ0v) is 15.8. The maximum Gasteiger partial charge on any atom is 0.271 e. The minimum absolute atomic E-state index is 0.0273. The van der Waals surface area contributed by atoms with E-state index in [4.69, 9.17) is 16.3 Å². The molecule has 0 unspecified atom stereocenters. The van der Waals surface area contributed by atoms with Gasteiger partial charge in [0.15, 0.2) is 0 Å². The molecule has 0 aliphatic heterocycles. The van der Waals surface area contributed by atoms with Gasteiger partial charge in [0.25, 0.3) is 15.9 Å². The lowest BCUT2D eigenvalue weighted by molar-refractivity contribution is -0.131. The monoisotopic (exact) mass is 385 g/mol. The summed E-state index contributed by atoms with van der Waals surface area (Å²) >= 11 is 6.04. The summed E-state index contributed by atoms with van der Waals surface area (Å²) in [6.07, 6.45) is 0. The Morgan fingerprint density at radius 2 is 1.96 bits per heavy atom. The van der Waals surface area contributed by atoms with Gasteiger partial charge in [-0.15, -0.1) is 0 Å². The molecule has 0 radical (unpaired) electrons. The fourth-order valence-corrected chi connectivity index (χ4v) is 4.50. The van der Waals surface area contributed by atoms with Crippen molar-refractivity contribution in [3.63, 3.8) is 0 Å². The maximum absolute atomic E-state index is 12.8. The van der Waals surface area contributed by atoms with Crippen molar-refractivity contribution >= 4 is 27.5 Å². The smallest absolute Gasteiger partial charge is 0.271 e. The molecule has 9 heteroatoms. The van der Waals surface area contributed by atoms with Crippen LogP contribution in [0.3, 0.4) is 0 Å². The van der Waals surface area contributed by atoms with E-state index in [1.165, 1.54) is 18.7 Å². The Morgan fingerprint density at radius 1 is 1.32 bits per heavy atom. The standard InChI is InChI=1S/C16H20ClN3O4S/c1-4-20(14(21)11-24-10-13-8-6-5-7-9-13)25(22,23)15-12(2)18-19(3)16(15)17/h5-9H,4,10-11H2,1-3H3. The molecular weight excluding hydrogens is 366 g/mol. The summed E-state index contributed by atoms with van der Waals surface area (Å²) in [6, 6.07) is 9.31. The van der Waals surface area contributed by atoms with Gasteiger partial charge in [-0.2, -0.15) is 5.10 Å². The topological polar surface area (TPSA) is 81.5 Å². The van der Waals surface area contributed by atoms with Crippen LogP contribution in [-0.2, 0) is 33.2 Å². The van der Waals surface area contributed by atoms with Gasteiger partial charge in [-0.1, -0.05) is 41.9 Å². The second kappa shape index (κ2) is 7.99. The number of halogens is 1. The number of nitrogens with zero attached hydrogens (tertiary/aromatic N) is 3. The molecule has 0 bridgehead atoms. The Labute approximate surface area is 152 Å². The van der Waals surface area contributed by atoms with Gasteiger partial charge >= 0.3 is 0 Å². The van der Waals surface area contributed by atoms with Crippen molar-refractivity contribution in [2.45, 2.75) is 25.3 Å². The molecule has 1 aromatic heterocycles. The van der Waals surface area contributed by atoms with E-state index in [2.05, 4.69) is 5.10 Å². The number of ether oxygens (including phenoxy) is 1. The van der Waals surface area contributed by atoms with E-state index in [-0.39, 0.29) is 35.5 Å². The fraction of sp³-hybridized carbons (Fsp3) is 0.375. The molecule has 25 heavy (non-hydrogen) atoms. The van der Waals surface area contributed by atoms with Crippen LogP contribution < -0.4 is 0 Å². The number of rotatable bonds is 7. The van der Waals surface area contributed by atoms with Crippen LogP contribution in [0.1, 0.15) is 18.2 Å². The van der Waals surface area contributed by atoms with E-state index in [9.17, 15) is 13.2 Å². The van der Waals surface area contributed by atoms with Crippen molar-refractivity contribution in [2.24, 2.45) is 7.05 Å². The summed E-state index contributed by atoms with van der Waals surface area (Å²) in [4.78, 5) is 12.2. The molecule has 136 valence electrons. The summed E-state index contributed by atoms with van der Waals surface area (Å²) in [5.41, 5.74) is 1.14. The van der Waals surface area contributed by atoms with E-state index in [1.54, 1.807) is 6.92 Å². The molecule has 0 N–H and O–H groups in total. The quantitative estimate of drug-likeness (QED) is 0.729. The van der Waals surface area contributed by atoms with Gasteiger partial charge in [-0.05, 0) is 19.4 Å². The highest BCUT2D eigenvalue weighted by Crippen LogP contribution is 2.27. The SMILES string of the molecule is CCN(C(=O)COCc1ccccc1)S(=O)(=O)c1c(C)nn(C)c1Cl. The molecule has 1 amide bonds. The lowest BCUT2D eigenvalue weighted by Gasteiger charge is -2.20. The van der Waals surface area contributed by atoms with Crippen LogP contribution in [0.4, 0.5) is 0 Å². The number of hydrogen-bond donors (Lipinski definition) is 0. The molecule has 0 aliphatic carbocycles. The Hall–Kier alpha value is -1.90. The highest BCUT2D eigenvalue weighted by Gasteiger charge is 2.33. The van der Waals surface area contributed by atoms with E-state index in [1.807, 2.05) is 30.3 Å². The van der Waals surface area contributed by atoms with Gasteiger partial charge in [-0.3, -0.25) is 9.48 Å². The Kier molecular flexibility index (Phi) is 6.21. The minimum atomic E-state index is -4.10. The first kappa shape index (κ1) is 19.4. The highest BCUT2D eigenvalue weighted by atomic mass is 35.5. The van der Waals surface area contributed by atoms with Gasteiger partial charge in [0, 0.05) is 13.6 Å². The van der Waals surface area contributed by atoms with Crippen LogP contribution in [0.25, 0.3) is 0 Å². The Morgan fingerprint density at radius 3 is 2.48 bits per heavy atom. The number of carbonyl (C=O) groups is 1. The van der Waals surface area contributed by atoms with E-state index in [0.717, 1.165) is 9.87 Å². The second-order valence-corrected chi connectivity index (χ2v) is 7.53. The number of hydrogen-bond acceptors (Lipinski definition) is 5. The zero-order chi connectivity index (χ0) is 18.6. The van der Waals surface area contributed by atoms with Crippen LogP contribution in [0.15, 0.2) is 35.2 Å². The summed E-state index contributed by atoms with van der Waals surface area (Å²) in [7, 11) is -2.56. The number of aryl methyl sites for hydroxylation is 2. The van der Waals surface area contributed by atoms with Crippen LogP contribution in [0, 0.1) is 6.92 Å². The first-order valence-corrected chi connectivity index (χ1v) is 9.47. The largest absolute Gasteiger partial charge is 0.367 e. The summed E-state index contributed by atoms with van der Waals surface area (Å²) in [5, 5.41) is 3.96. The molecule has 2 aromatic rings. The first-order chi connectivity index (χ1) is 11.8. The van der Waals surface area contributed by atoms with Crippen molar-refractivity contribution in [3.8, 4) is 0 Å². The predicted molar refractivity (Wildman–Crippen MR) is 93.6 cm³/mol. The third-order valence-electron chi connectivity index (χ3n) is 3.55. The fourth-order valence-electron chi connectivity index (χ4n) is 2.40. The minimum Gasteiger partial charge on any atom is -0.367 e. The van der Waals surface area contributed by atoms with E-state index in [0.29, 0.717) is 0 Å². The van der Waals surface area contributed by atoms with Gasteiger partial charge in [-0.25, -0.2) is 12.7 Å². The van der Waals surface area contributed by atoms with Gasteiger partial charge < -0.3 is 4.74 Å². The normalized spacial score (nSPS) is 11.5. The van der Waals surface area contributed by atoms with Crippen LogP contribution in [0.5, 0.6) is 0 Å². The summed E-state index contributed by atoms with van der Waals surface area (Å²) in [6.45, 7) is 2.95. The molecule has 0 atom stereocenters. The molecule has 0 fully saturated rings. The molecule has 1 heterocycles. The van der Waals surface area contributed by atoms with Gasteiger partial charge in [0.1, 0.15) is 16.7 Å². The average Bonchev–Trinajstić information content (AvgIpc) is 2.81. The molecule has 0 aliphatic rings. The number of sulfonamides is 1. The van der Waals surface area contributed by atoms with Crippen LogP contribution in [0.2, 0.25) is 5.15 Å². The molecule has 2 rings (SSSR count). The second-order valence-electron chi connectivity index (χ2n) is 5.37. The first-order valence-electron chi connectivity index (χ1n) is 7.65. The zero-order valence-electron chi connectivity index (χ0n) is 14.3. The number of aromatic nitrogens is 2. The van der Waals surface area contributed by atoms with Crippen molar-refractivity contribution < 1.29 is 17.9 Å². The van der Waals surface area contributed by atoms with E-state index < -0.39 is 15.9 Å². The molecule has 1 aromatic carbocycles. The van der Waals surface area contributed by atoms with Crippen molar-refractivity contribution in [1.29, 1.82) is 0 Å². The van der Waals surface area contributed by atoms with Crippen molar-refractivity contribution in [3.05, 3.63) is 46.7 Å². The third kappa shape index (κ3) is 4.20. The molecular formula is C16H20ClN3O4S. The molecule has 0 spiro atoms. The van der Waals surface area contributed by atoms with Crippen LogP contribution in [-0.4, -0.2) is 41.6 Å². The van der Waals surface area contributed by atoms with Crippen molar-refractivity contribution in [2.75, 3.05) is 13.2 Å². The Balaban J connectivity index is 2.13. The average molecular weight is 386 g/mol. The molecule has 7 nitrogen and oxygen atoms in total. The van der Waals surface area contributed by atoms with Gasteiger partial charge in [0.2, 0.25) is 0 Å². The molecule has 0 saturated carbocycles. The predicted octanol–water partition coefficient (Wildman–Crippen LogP) is 2.14. The summed E-state index contributed by atoms with van der Waals surface area (Å²) in [5.74, 6) is -0.655. The number of likely N-dealkylation sites (N-methyl/N-ethyl adjacent to an activating group) is 1. The van der Waals surface area contributed by atoms with E-state index >= 15 is 0 Å². The lowest BCUT2D eigenvalue weighted by Crippen LogP contribution is -2.39. The maximum atomic E-state index is 12.8. The third-order valence-corrected chi connectivity index (χ3v) is 6.14.